The summed E-state index contributed by atoms with van der Waals surface area (Å²) in [5, 5.41) is 12.1. The molecule has 2 N–H and O–H groups in total. The van der Waals surface area contributed by atoms with E-state index < -0.39 is 17.8 Å². The monoisotopic (exact) mass is 295 g/mol. The maximum Gasteiger partial charge on any atom is 0.307 e. The summed E-state index contributed by atoms with van der Waals surface area (Å²) >= 11 is 0. The summed E-state index contributed by atoms with van der Waals surface area (Å²) in [6, 6.07) is 0. The summed E-state index contributed by atoms with van der Waals surface area (Å²) in [4.78, 5) is 23.6. The Hall–Kier alpha value is -1.36. The zero-order valence-corrected chi connectivity index (χ0v) is 12.7. The molecule has 0 aromatic rings. The van der Waals surface area contributed by atoms with E-state index in [2.05, 4.69) is 19.2 Å². The summed E-state index contributed by atoms with van der Waals surface area (Å²) in [5.41, 5.74) is 0. The molecule has 4 unspecified atom stereocenters. The van der Waals surface area contributed by atoms with Crippen molar-refractivity contribution in [3.05, 3.63) is 12.2 Å². The van der Waals surface area contributed by atoms with Crippen molar-refractivity contribution in [2.75, 3.05) is 19.8 Å². The molecule has 2 bridgehead atoms. The van der Waals surface area contributed by atoms with Crippen LogP contribution < -0.4 is 5.32 Å². The van der Waals surface area contributed by atoms with E-state index in [0.29, 0.717) is 25.7 Å². The highest BCUT2D eigenvalue weighted by Crippen LogP contribution is 2.48. The van der Waals surface area contributed by atoms with E-state index in [1.165, 1.54) is 0 Å². The van der Waals surface area contributed by atoms with Crippen LogP contribution in [0.15, 0.2) is 12.2 Å². The van der Waals surface area contributed by atoms with Crippen molar-refractivity contribution in [2.45, 2.75) is 26.7 Å². The number of carboxylic acids is 1. The first-order valence-corrected chi connectivity index (χ1v) is 7.77. The van der Waals surface area contributed by atoms with Gasteiger partial charge in [-0.3, -0.25) is 9.59 Å². The highest BCUT2D eigenvalue weighted by Gasteiger charge is 2.51. The number of hydrogen-bond acceptors (Lipinski definition) is 3. The van der Waals surface area contributed by atoms with Gasteiger partial charge in [-0.2, -0.15) is 0 Å². The molecule has 1 amide bonds. The smallest absolute Gasteiger partial charge is 0.307 e. The number of rotatable bonds is 8. The van der Waals surface area contributed by atoms with Crippen molar-refractivity contribution < 1.29 is 19.4 Å². The summed E-state index contributed by atoms with van der Waals surface area (Å²) in [6.07, 6.45) is 5.74. The number of carboxylic acid groups (broad SMARTS) is 1. The van der Waals surface area contributed by atoms with Gasteiger partial charge in [-0.1, -0.05) is 26.0 Å². The quantitative estimate of drug-likeness (QED) is 0.528. The normalized spacial score (nSPS) is 30.0. The highest BCUT2D eigenvalue weighted by molar-refractivity contribution is 5.86. The number of carbonyl (C=O) groups excluding carboxylic acids is 1. The first-order chi connectivity index (χ1) is 10.0. The maximum atomic E-state index is 12.2. The molecule has 21 heavy (non-hydrogen) atoms. The molecule has 0 aromatic heterocycles. The molecule has 5 nitrogen and oxygen atoms in total. The molecule has 0 heterocycles. The molecule has 0 aliphatic heterocycles. The largest absolute Gasteiger partial charge is 0.481 e. The average molecular weight is 295 g/mol. The Morgan fingerprint density at radius 2 is 1.90 bits per heavy atom. The Kier molecular flexibility index (Phi) is 5.39. The summed E-state index contributed by atoms with van der Waals surface area (Å²) < 4.78 is 5.45. The Balaban J connectivity index is 1.73. The van der Waals surface area contributed by atoms with Crippen molar-refractivity contribution in [1.29, 1.82) is 0 Å². The van der Waals surface area contributed by atoms with Gasteiger partial charge in [-0.25, -0.2) is 0 Å². The van der Waals surface area contributed by atoms with Gasteiger partial charge in [0.1, 0.15) is 0 Å². The Morgan fingerprint density at radius 3 is 2.52 bits per heavy atom. The lowest BCUT2D eigenvalue weighted by Crippen LogP contribution is -2.41. The van der Waals surface area contributed by atoms with E-state index in [0.717, 1.165) is 12.8 Å². The predicted octanol–water partition coefficient (Wildman–Crippen LogP) is 1.69. The second-order valence-corrected chi connectivity index (χ2v) is 6.42. The van der Waals surface area contributed by atoms with Gasteiger partial charge in [0.25, 0.3) is 0 Å². The van der Waals surface area contributed by atoms with Crippen LogP contribution in [-0.2, 0) is 14.3 Å². The number of amides is 1. The average Bonchev–Trinajstić information content (AvgIpc) is 3.02. The SMILES string of the molecule is CC(C)CCOCCNC(=O)C1C2C=CC(C2)C1C(=O)O. The number of carbonyl (C=O) groups is 2. The zero-order valence-electron chi connectivity index (χ0n) is 12.7. The molecule has 4 atom stereocenters. The minimum atomic E-state index is -0.861. The van der Waals surface area contributed by atoms with Crippen molar-refractivity contribution >= 4 is 11.9 Å². The molecule has 1 fully saturated rings. The molecule has 2 aliphatic rings. The number of nitrogens with one attached hydrogen (secondary N) is 1. The van der Waals surface area contributed by atoms with Crippen molar-refractivity contribution in [2.24, 2.45) is 29.6 Å². The van der Waals surface area contributed by atoms with Gasteiger partial charge < -0.3 is 15.2 Å². The number of ether oxygens (including phenoxy) is 1. The van der Waals surface area contributed by atoms with Crippen LogP contribution in [0.5, 0.6) is 0 Å². The minimum Gasteiger partial charge on any atom is -0.481 e. The summed E-state index contributed by atoms with van der Waals surface area (Å²) in [5.74, 6) is -1.29. The van der Waals surface area contributed by atoms with Gasteiger partial charge in [-0.05, 0) is 30.6 Å². The van der Waals surface area contributed by atoms with Crippen LogP contribution in [0.4, 0.5) is 0 Å². The van der Waals surface area contributed by atoms with E-state index in [4.69, 9.17) is 4.74 Å². The molecule has 2 rings (SSSR count). The van der Waals surface area contributed by atoms with Crippen LogP contribution in [0, 0.1) is 29.6 Å². The Morgan fingerprint density at radius 1 is 1.24 bits per heavy atom. The second-order valence-electron chi connectivity index (χ2n) is 6.42. The van der Waals surface area contributed by atoms with Crippen molar-refractivity contribution in [3.8, 4) is 0 Å². The maximum absolute atomic E-state index is 12.2. The number of aliphatic carboxylic acids is 1. The van der Waals surface area contributed by atoms with E-state index >= 15 is 0 Å². The van der Waals surface area contributed by atoms with Gasteiger partial charge in [-0.15, -0.1) is 0 Å². The van der Waals surface area contributed by atoms with Crippen LogP contribution in [0.25, 0.3) is 0 Å². The van der Waals surface area contributed by atoms with E-state index in [1.54, 1.807) is 0 Å². The van der Waals surface area contributed by atoms with Gasteiger partial charge in [0.2, 0.25) is 5.91 Å². The molecule has 118 valence electrons. The van der Waals surface area contributed by atoms with E-state index in [1.807, 2.05) is 12.2 Å². The molecule has 0 spiro atoms. The number of fused-ring (bicyclic) bond motifs is 2. The van der Waals surface area contributed by atoms with Gasteiger partial charge in [0.15, 0.2) is 0 Å². The fraction of sp³-hybridized carbons (Fsp3) is 0.750. The molecule has 0 aromatic carbocycles. The number of allylic oxidation sites excluding steroid dienone is 2. The van der Waals surface area contributed by atoms with Crippen LogP contribution in [0.2, 0.25) is 0 Å². The Bertz CT molecular complexity index is 419. The van der Waals surface area contributed by atoms with Gasteiger partial charge >= 0.3 is 5.97 Å². The predicted molar refractivity (Wildman–Crippen MR) is 78.6 cm³/mol. The standard InChI is InChI=1S/C16H25NO4/c1-10(2)5-7-21-8-6-17-15(18)13-11-3-4-12(9-11)14(13)16(19)20/h3-4,10-14H,5-9H2,1-2H3,(H,17,18)(H,19,20). The van der Waals surface area contributed by atoms with Crippen LogP contribution >= 0.6 is 0 Å². The van der Waals surface area contributed by atoms with Gasteiger partial charge in [0.05, 0.1) is 18.4 Å². The molecule has 1 saturated carbocycles. The third-order valence-electron chi connectivity index (χ3n) is 4.43. The van der Waals surface area contributed by atoms with Crippen molar-refractivity contribution in [3.63, 3.8) is 0 Å². The molecule has 0 radical (unpaired) electrons. The lowest BCUT2D eigenvalue weighted by molar-refractivity contribution is -0.147. The van der Waals surface area contributed by atoms with Crippen molar-refractivity contribution in [1.82, 2.24) is 5.32 Å². The third-order valence-corrected chi connectivity index (χ3v) is 4.43. The first-order valence-electron chi connectivity index (χ1n) is 7.77. The van der Waals surface area contributed by atoms with Crippen LogP contribution in [0.1, 0.15) is 26.7 Å². The Labute approximate surface area is 125 Å². The fourth-order valence-corrected chi connectivity index (χ4v) is 3.30. The fourth-order valence-electron chi connectivity index (χ4n) is 3.30. The molecular weight excluding hydrogens is 270 g/mol. The molecule has 0 saturated heterocycles. The third kappa shape index (κ3) is 3.84. The van der Waals surface area contributed by atoms with E-state index in [9.17, 15) is 14.7 Å². The number of hydrogen-bond donors (Lipinski definition) is 2. The summed E-state index contributed by atoms with van der Waals surface area (Å²) in [7, 11) is 0. The topological polar surface area (TPSA) is 75.6 Å². The molecule has 5 heteroatoms. The summed E-state index contributed by atoms with van der Waals surface area (Å²) in [6.45, 7) is 5.90. The molecular formula is C16H25NO4. The molecule has 2 aliphatic carbocycles. The highest BCUT2D eigenvalue weighted by atomic mass is 16.5. The van der Waals surface area contributed by atoms with Crippen LogP contribution in [0.3, 0.4) is 0 Å². The lowest BCUT2D eigenvalue weighted by atomic mass is 9.82. The lowest BCUT2D eigenvalue weighted by Gasteiger charge is -2.23. The van der Waals surface area contributed by atoms with Crippen LogP contribution in [-0.4, -0.2) is 36.7 Å². The first kappa shape index (κ1) is 16.0. The minimum absolute atomic E-state index is 0.0190. The van der Waals surface area contributed by atoms with Gasteiger partial charge in [0, 0.05) is 13.2 Å². The second kappa shape index (κ2) is 7.07. The zero-order chi connectivity index (χ0) is 15.4. The van der Waals surface area contributed by atoms with E-state index in [-0.39, 0.29) is 17.7 Å².